The molecule has 0 radical (unpaired) electrons. The van der Waals surface area contributed by atoms with E-state index in [9.17, 15) is 15.2 Å². The van der Waals surface area contributed by atoms with Gasteiger partial charge in [-0.15, -0.1) is 0 Å². The van der Waals surface area contributed by atoms with E-state index in [0.29, 0.717) is 24.3 Å². The molecule has 36 heavy (non-hydrogen) atoms. The predicted octanol–water partition coefficient (Wildman–Crippen LogP) is 5.54. The molecule has 5 rings (SSSR count). The molecule has 1 fully saturated rings. The van der Waals surface area contributed by atoms with Gasteiger partial charge in [0.05, 0.1) is 11.6 Å². The molecule has 5 heteroatoms. The van der Waals surface area contributed by atoms with E-state index in [0.717, 1.165) is 29.5 Å². The van der Waals surface area contributed by atoms with Crippen LogP contribution in [0.4, 0.5) is 0 Å². The first-order valence-corrected chi connectivity index (χ1v) is 12.7. The van der Waals surface area contributed by atoms with Crippen molar-refractivity contribution in [3.63, 3.8) is 0 Å². The van der Waals surface area contributed by atoms with Gasteiger partial charge < -0.3 is 14.7 Å². The van der Waals surface area contributed by atoms with Crippen molar-refractivity contribution in [2.75, 3.05) is 0 Å². The Bertz CT molecular complexity index is 1270. The highest BCUT2D eigenvalue weighted by molar-refractivity contribution is 5.78. The summed E-state index contributed by atoms with van der Waals surface area (Å²) in [5.41, 5.74) is 2.84. The van der Waals surface area contributed by atoms with Crippen LogP contribution in [0.2, 0.25) is 0 Å². The van der Waals surface area contributed by atoms with Crippen LogP contribution in [0.3, 0.4) is 0 Å². The second-order valence-electron chi connectivity index (χ2n) is 10.5. The summed E-state index contributed by atoms with van der Waals surface area (Å²) in [5, 5.41) is 21.3. The van der Waals surface area contributed by atoms with Crippen molar-refractivity contribution in [1.29, 1.82) is 5.26 Å². The molecule has 0 saturated carbocycles. The van der Waals surface area contributed by atoms with Crippen molar-refractivity contribution in [1.82, 2.24) is 4.90 Å². The van der Waals surface area contributed by atoms with Gasteiger partial charge in [-0.1, -0.05) is 60.7 Å². The molecule has 184 valence electrons. The third-order valence-corrected chi connectivity index (χ3v) is 7.76. The molecular weight excluding hydrogens is 448 g/mol. The van der Waals surface area contributed by atoms with Crippen LogP contribution < -0.4 is 4.74 Å². The Balaban J connectivity index is 1.55. The second-order valence-corrected chi connectivity index (χ2v) is 10.5. The molecule has 0 aromatic heterocycles. The van der Waals surface area contributed by atoms with Crippen LogP contribution in [0.5, 0.6) is 5.75 Å². The maximum atomic E-state index is 13.0. The third kappa shape index (κ3) is 4.62. The molecule has 5 nitrogen and oxygen atoms in total. The van der Waals surface area contributed by atoms with E-state index in [1.165, 1.54) is 0 Å². The minimum atomic E-state index is -0.798. The van der Waals surface area contributed by atoms with Crippen molar-refractivity contribution in [2.24, 2.45) is 0 Å². The second kappa shape index (κ2) is 9.79. The maximum absolute atomic E-state index is 13.0. The highest BCUT2D eigenvalue weighted by Gasteiger charge is 2.47. The van der Waals surface area contributed by atoms with Gasteiger partial charge in [-0.2, -0.15) is 5.26 Å². The Morgan fingerprint density at radius 1 is 1.08 bits per heavy atom. The fourth-order valence-corrected chi connectivity index (χ4v) is 5.87. The lowest BCUT2D eigenvalue weighted by Gasteiger charge is -2.46. The molecule has 2 aliphatic heterocycles. The Kier molecular flexibility index (Phi) is 6.55. The van der Waals surface area contributed by atoms with Crippen LogP contribution in [0.1, 0.15) is 67.2 Å². The molecule has 0 aliphatic carbocycles. The third-order valence-electron chi connectivity index (χ3n) is 7.76. The average Bonchev–Trinajstić information content (AvgIpc) is 3.23. The Morgan fingerprint density at radius 3 is 2.47 bits per heavy atom. The number of amides is 1. The highest BCUT2D eigenvalue weighted by Crippen LogP contribution is 2.50. The minimum Gasteiger partial charge on any atom is -0.485 e. The number of carbonyl (C=O) groups excluding carboxylic acids is 1. The number of fused-ring (bicyclic) bond motifs is 1. The molecule has 1 saturated heterocycles. The zero-order chi connectivity index (χ0) is 25.3. The lowest BCUT2D eigenvalue weighted by molar-refractivity contribution is -0.129. The van der Waals surface area contributed by atoms with Gasteiger partial charge in [0.2, 0.25) is 5.91 Å². The number of ether oxygens (including phenoxy) is 1. The molecular formula is C31H32N2O3. The molecule has 3 aromatic rings. The lowest BCUT2D eigenvalue weighted by Crippen LogP contribution is -2.50. The minimum absolute atomic E-state index is 0.0590. The lowest BCUT2D eigenvalue weighted by atomic mass is 9.69. The summed E-state index contributed by atoms with van der Waals surface area (Å²) >= 11 is 0. The predicted molar refractivity (Wildman–Crippen MR) is 138 cm³/mol. The zero-order valence-electron chi connectivity index (χ0n) is 20.8. The fraction of sp³-hybridized carbons (Fsp3) is 0.355. The van der Waals surface area contributed by atoms with Crippen LogP contribution in [-0.4, -0.2) is 33.7 Å². The van der Waals surface area contributed by atoms with Crippen molar-refractivity contribution in [3.8, 4) is 11.8 Å². The summed E-state index contributed by atoms with van der Waals surface area (Å²) in [6, 6.07) is 28.1. The normalized spacial score (nSPS) is 23.4. The number of benzene rings is 3. The quantitative estimate of drug-likeness (QED) is 0.503. The topological polar surface area (TPSA) is 73.6 Å². The van der Waals surface area contributed by atoms with Gasteiger partial charge in [0.1, 0.15) is 17.5 Å². The van der Waals surface area contributed by atoms with Crippen LogP contribution in [-0.2, 0) is 11.3 Å². The van der Waals surface area contributed by atoms with Crippen molar-refractivity contribution < 1.29 is 14.6 Å². The summed E-state index contributed by atoms with van der Waals surface area (Å²) in [6.07, 6.45) is 1.26. The number of aliphatic hydroxyl groups excluding tert-OH is 1. The molecule has 2 aliphatic rings. The van der Waals surface area contributed by atoms with E-state index < -0.39 is 11.7 Å². The number of likely N-dealkylation sites (tertiary alicyclic amines) is 1. The average molecular weight is 481 g/mol. The molecule has 0 spiro atoms. The van der Waals surface area contributed by atoms with Crippen molar-refractivity contribution in [2.45, 2.75) is 69.2 Å². The van der Waals surface area contributed by atoms with Crippen LogP contribution in [0.15, 0.2) is 78.9 Å². The monoisotopic (exact) mass is 480 g/mol. The summed E-state index contributed by atoms with van der Waals surface area (Å²) in [5.74, 6) is 0.537. The molecule has 1 amide bonds. The van der Waals surface area contributed by atoms with Crippen molar-refractivity contribution in [3.05, 3.63) is 101 Å². The first-order valence-electron chi connectivity index (χ1n) is 12.7. The maximum Gasteiger partial charge on any atom is 0.223 e. The van der Waals surface area contributed by atoms with Gasteiger partial charge in [0.25, 0.3) is 0 Å². The van der Waals surface area contributed by atoms with Crippen LogP contribution >= 0.6 is 0 Å². The summed E-state index contributed by atoms with van der Waals surface area (Å²) in [4.78, 5) is 15.0. The number of aliphatic hydroxyl groups is 1. The van der Waals surface area contributed by atoms with E-state index in [1.54, 1.807) is 6.07 Å². The van der Waals surface area contributed by atoms with Crippen LogP contribution in [0.25, 0.3) is 0 Å². The first-order chi connectivity index (χ1) is 17.4. The van der Waals surface area contributed by atoms with Crippen LogP contribution in [0, 0.1) is 11.3 Å². The largest absolute Gasteiger partial charge is 0.485 e. The number of carbonyl (C=O) groups is 1. The summed E-state index contributed by atoms with van der Waals surface area (Å²) in [7, 11) is 0. The van der Waals surface area contributed by atoms with Gasteiger partial charge >= 0.3 is 0 Å². The number of rotatable bonds is 6. The van der Waals surface area contributed by atoms with Gasteiger partial charge in [-0.3, -0.25) is 4.79 Å². The highest BCUT2D eigenvalue weighted by atomic mass is 16.5. The molecule has 2 heterocycles. The van der Waals surface area contributed by atoms with E-state index in [2.05, 4.69) is 30.3 Å². The first kappa shape index (κ1) is 24.1. The van der Waals surface area contributed by atoms with E-state index in [4.69, 9.17) is 4.74 Å². The van der Waals surface area contributed by atoms with Gasteiger partial charge in [0, 0.05) is 30.5 Å². The Hall–Kier alpha value is -3.62. The van der Waals surface area contributed by atoms with E-state index in [-0.39, 0.29) is 23.8 Å². The Labute approximate surface area is 212 Å². The van der Waals surface area contributed by atoms with E-state index in [1.807, 2.05) is 67.3 Å². The van der Waals surface area contributed by atoms with Gasteiger partial charge in [-0.25, -0.2) is 0 Å². The fourth-order valence-electron chi connectivity index (χ4n) is 5.87. The number of hydrogen-bond donors (Lipinski definition) is 1. The smallest absolute Gasteiger partial charge is 0.223 e. The summed E-state index contributed by atoms with van der Waals surface area (Å²) < 4.78 is 6.21. The molecule has 3 aromatic carbocycles. The summed E-state index contributed by atoms with van der Waals surface area (Å²) in [6.45, 7) is 4.41. The van der Waals surface area contributed by atoms with Gasteiger partial charge in [-0.05, 0) is 61.9 Å². The molecule has 1 unspecified atom stereocenters. The standard InChI is InChI=1S/C31H32N2O3/c1-31(2)30(35)29(26-17-22(19-32)13-15-27(26)36-31)25(23-11-7-4-8-12-23)18-24-14-16-28(34)33(24)20-21-9-5-3-6-10-21/h3-13,15,17,24-25,29-30,35H,14,16,18,20H2,1-2H3/t24-,25?,29+,30-/m1/s1. The molecule has 4 atom stereocenters. The number of nitrogens with zero attached hydrogens (tertiary/aromatic N) is 2. The van der Waals surface area contributed by atoms with Gasteiger partial charge in [0.15, 0.2) is 0 Å². The SMILES string of the molecule is CC1(C)Oc2ccc(C#N)cc2[C@H](C(C[C@H]2CCC(=O)N2Cc2ccccc2)c2ccccc2)[C@H]1O. The zero-order valence-corrected chi connectivity index (χ0v) is 20.8. The molecule has 0 bridgehead atoms. The molecule has 1 N–H and O–H groups in total. The Morgan fingerprint density at radius 2 is 1.78 bits per heavy atom. The number of hydrogen-bond acceptors (Lipinski definition) is 4. The van der Waals surface area contributed by atoms with E-state index >= 15 is 0 Å². The number of nitriles is 1. The van der Waals surface area contributed by atoms with Crippen molar-refractivity contribution >= 4 is 5.91 Å².